The minimum atomic E-state index is -2.99. The minimum absolute atomic E-state index is 0.240. The van der Waals surface area contributed by atoms with Crippen LogP contribution in [0.2, 0.25) is 0 Å². The van der Waals surface area contributed by atoms with Gasteiger partial charge in [-0.15, -0.1) is 0 Å². The molecular formula is C11H14BrFN2O2S. The van der Waals surface area contributed by atoms with E-state index >= 15 is 0 Å². The number of benzene rings is 1. The third-order valence-corrected chi connectivity index (χ3v) is 5.96. The first-order valence-electron chi connectivity index (χ1n) is 5.60. The molecule has 4 nitrogen and oxygen atoms in total. The number of nitrogen functional groups attached to an aromatic ring is 1. The SMILES string of the molecule is Nc1cc(Br)c(F)cc1NCC1CCCS1(=O)=O. The molecule has 0 amide bonds. The van der Waals surface area contributed by atoms with Crippen LogP contribution in [0.5, 0.6) is 0 Å². The Balaban J connectivity index is 2.09. The van der Waals surface area contributed by atoms with Crippen LogP contribution in [-0.4, -0.2) is 26.0 Å². The normalized spacial score (nSPS) is 22.0. The predicted molar refractivity (Wildman–Crippen MR) is 73.8 cm³/mol. The summed E-state index contributed by atoms with van der Waals surface area (Å²) in [6.45, 7) is 0.271. The van der Waals surface area contributed by atoms with Crippen molar-refractivity contribution in [2.45, 2.75) is 18.1 Å². The van der Waals surface area contributed by atoms with Crippen molar-refractivity contribution >= 4 is 37.1 Å². The Morgan fingerprint density at radius 2 is 2.22 bits per heavy atom. The Labute approximate surface area is 114 Å². The molecule has 1 unspecified atom stereocenters. The zero-order chi connectivity index (χ0) is 13.3. The standard InChI is InChI=1S/C11H14BrFN2O2S/c12-8-4-10(14)11(5-9(8)13)15-6-7-2-1-3-18(7,16)17/h4-5,7,15H,1-3,6,14H2. The quantitative estimate of drug-likeness (QED) is 0.829. The second-order valence-corrected chi connectivity index (χ2v) is 7.62. The summed E-state index contributed by atoms with van der Waals surface area (Å²) in [5, 5.41) is 2.51. The first kappa shape index (κ1) is 13.6. The molecule has 100 valence electrons. The van der Waals surface area contributed by atoms with Gasteiger partial charge in [-0.05, 0) is 34.8 Å². The Morgan fingerprint density at radius 3 is 2.83 bits per heavy atom. The highest BCUT2D eigenvalue weighted by Crippen LogP contribution is 2.27. The fourth-order valence-electron chi connectivity index (χ4n) is 2.03. The van der Waals surface area contributed by atoms with Crippen LogP contribution >= 0.6 is 15.9 Å². The Hall–Kier alpha value is -0.820. The number of nitrogens with two attached hydrogens (primary N) is 1. The van der Waals surface area contributed by atoms with Crippen LogP contribution in [0.3, 0.4) is 0 Å². The largest absolute Gasteiger partial charge is 0.397 e. The number of hydrogen-bond donors (Lipinski definition) is 2. The van der Waals surface area contributed by atoms with Gasteiger partial charge in [0.2, 0.25) is 0 Å². The van der Waals surface area contributed by atoms with E-state index < -0.39 is 20.9 Å². The molecule has 0 radical (unpaired) electrons. The van der Waals surface area contributed by atoms with Gasteiger partial charge in [0.25, 0.3) is 0 Å². The van der Waals surface area contributed by atoms with E-state index in [-0.39, 0.29) is 12.3 Å². The van der Waals surface area contributed by atoms with Crippen molar-refractivity contribution in [1.82, 2.24) is 0 Å². The van der Waals surface area contributed by atoms with Gasteiger partial charge in [-0.2, -0.15) is 0 Å². The summed E-state index contributed by atoms with van der Waals surface area (Å²) in [5.41, 5.74) is 6.55. The monoisotopic (exact) mass is 336 g/mol. The first-order valence-corrected chi connectivity index (χ1v) is 8.11. The van der Waals surface area contributed by atoms with Crippen molar-refractivity contribution in [2.24, 2.45) is 0 Å². The van der Waals surface area contributed by atoms with Crippen LogP contribution < -0.4 is 11.1 Å². The molecule has 0 bridgehead atoms. The molecule has 1 aliphatic heterocycles. The topological polar surface area (TPSA) is 72.2 Å². The van der Waals surface area contributed by atoms with Gasteiger partial charge in [0.15, 0.2) is 9.84 Å². The van der Waals surface area contributed by atoms with Gasteiger partial charge >= 0.3 is 0 Å². The van der Waals surface area contributed by atoms with E-state index in [1.165, 1.54) is 12.1 Å². The van der Waals surface area contributed by atoms with Crippen LogP contribution in [0.15, 0.2) is 16.6 Å². The summed E-state index contributed by atoms with van der Waals surface area (Å²) >= 11 is 3.04. The minimum Gasteiger partial charge on any atom is -0.397 e. The van der Waals surface area contributed by atoms with Gasteiger partial charge in [0.05, 0.1) is 26.9 Å². The molecule has 1 atom stereocenters. The second kappa shape index (κ2) is 5.05. The fraction of sp³-hybridized carbons (Fsp3) is 0.455. The van der Waals surface area contributed by atoms with Crippen molar-refractivity contribution < 1.29 is 12.8 Å². The molecule has 0 aliphatic carbocycles. The summed E-state index contributed by atoms with van der Waals surface area (Å²) in [6.07, 6.45) is 1.34. The zero-order valence-electron chi connectivity index (χ0n) is 9.62. The van der Waals surface area contributed by atoms with Crippen LogP contribution in [0.1, 0.15) is 12.8 Å². The lowest BCUT2D eigenvalue weighted by molar-refractivity contribution is 0.591. The Morgan fingerprint density at radius 1 is 1.50 bits per heavy atom. The van der Waals surface area contributed by atoms with Crippen LogP contribution in [-0.2, 0) is 9.84 Å². The number of hydrogen-bond acceptors (Lipinski definition) is 4. The van der Waals surface area contributed by atoms with E-state index in [0.717, 1.165) is 0 Å². The third kappa shape index (κ3) is 2.77. The lowest BCUT2D eigenvalue weighted by atomic mass is 10.2. The molecule has 0 saturated carbocycles. The first-order chi connectivity index (χ1) is 8.40. The van der Waals surface area contributed by atoms with Crippen molar-refractivity contribution in [3.8, 4) is 0 Å². The summed E-state index contributed by atoms with van der Waals surface area (Å²) < 4.78 is 36.9. The lowest BCUT2D eigenvalue weighted by Crippen LogP contribution is -2.25. The summed E-state index contributed by atoms with van der Waals surface area (Å²) in [5.74, 6) is -0.190. The average Bonchev–Trinajstić information content (AvgIpc) is 2.61. The van der Waals surface area contributed by atoms with Gasteiger partial charge in [-0.3, -0.25) is 0 Å². The van der Waals surface area contributed by atoms with Gasteiger partial charge in [-0.25, -0.2) is 12.8 Å². The average molecular weight is 337 g/mol. The highest BCUT2D eigenvalue weighted by Gasteiger charge is 2.30. The fourth-order valence-corrected chi connectivity index (χ4v) is 4.15. The zero-order valence-corrected chi connectivity index (χ0v) is 12.0. The maximum Gasteiger partial charge on any atom is 0.154 e. The lowest BCUT2D eigenvalue weighted by Gasteiger charge is -2.14. The Bertz CT molecular complexity index is 562. The highest BCUT2D eigenvalue weighted by molar-refractivity contribution is 9.10. The highest BCUT2D eigenvalue weighted by atomic mass is 79.9. The van der Waals surface area contributed by atoms with E-state index in [9.17, 15) is 12.8 Å². The third-order valence-electron chi connectivity index (χ3n) is 3.08. The molecule has 0 spiro atoms. The number of halogens is 2. The molecule has 1 aliphatic rings. The number of anilines is 2. The van der Waals surface area contributed by atoms with E-state index in [1.807, 2.05) is 0 Å². The summed E-state index contributed by atoms with van der Waals surface area (Å²) in [7, 11) is -2.99. The summed E-state index contributed by atoms with van der Waals surface area (Å²) in [4.78, 5) is 0. The maximum atomic E-state index is 13.4. The van der Waals surface area contributed by atoms with Gasteiger partial charge in [-0.1, -0.05) is 0 Å². The molecule has 3 N–H and O–H groups in total. The maximum absolute atomic E-state index is 13.4. The van der Waals surface area contributed by atoms with Crippen LogP contribution in [0.4, 0.5) is 15.8 Å². The van der Waals surface area contributed by atoms with Crippen molar-refractivity contribution in [1.29, 1.82) is 0 Å². The molecule has 1 fully saturated rings. The van der Waals surface area contributed by atoms with Gasteiger partial charge in [0, 0.05) is 12.6 Å². The van der Waals surface area contributed by atoms with Crippen molar-refractivity contribution in [3.05, 3.63) is 22.4 Å². The van der Waals surface area contributed by atoms with Crippen LogP contribution in [0, 0.1) is 5.82 Å². The number of nitrogens with one attached hydrogen (secondary N) is 1. The molecule has 1 saturated heterocycles. The molecule has 1 heterocycles. The van der Waals surface area contributed by atoms with Crippen LogP contribution in [0.25, 0.3) is 0 Å². The van der Waals surface area contributed by atoms with Gasteiger partial charge < -0.3 is 11.1 Å². The second-order valence-electron chi connectivity index (χ2n) is 4.37. The smallest absolute Gasteiger partial charge is 0.154 e. The molecule has 0 aromatic heterocycles. The van der Waals surface area contributed by atoms with Crippen molar-refractivity contribution in [2.75, 3.05) is 23.3 Å². The number of rotatable bonds is 3. The van der Waals surface area contributed by atoms with E-state index in [1.54, 1.807) is 0 Å². The molecular weight excluding hydrogens is 323 g/mol. The molecule has 18 heavy (non-hydrogen) atoms. The van der Waals surface area contributed by atoms with E-state index in [4.69, 9.17) is 5.73 Å². The van der Waals surface area contributed by atoms with Crippen molar-refractivity contribution in [3.63, 3.8) is 0 Å². The molecule has 1 aromatic carbocycles. The molecule has 7 heteroatoms. The van der Waals surface area contributed by atoms with Gasteiger partial charge in [0.1, 0.15) is 5.82 Å². The van der Waals surface area contributed by atoms with E-state index in [2.05, 4.69) is 21.2 Å². The predicted octanol–water partition coefficient (Wildman–Crippen LogP) is 2.16. The molecule has 2 rings (SSSR count). The molecule has 1 aromatic rings. The number of sulfone groups is 1. The van der Waals surface area contributed by atoms with E-state index in [0.29, 0.717) is 28.7 Å². The summed E-state index contributed by atoms with van der Waals surface area (Å²) in [6, 6.07) is 2.72. The Kier molecular flexibility index (Phi) is 3.82.